The van der Waals surface area contributed by atoms with Gasteiger partial charge in [-0.25, -0.2) is 5.43 Å². The van der Waals surface area contributed by atoms with Gasteiger partial charge in [0.25, 0.3) is 5.91 Å². The van der Waals surface area contributed by atoms with Gasteiger partial charge in [-0.05, 0) is 57.0 Å². The van der Waals surface area contributed by atoms with Gasteiger partial charge in [0.1, 0.15) is 5.75 Å². The zero-order valence-electron chi connectivity index (χ0n) is 13.5. The third kappa shape index (κ3) is 3.34. The fourth-order valence-electron chi connectivity index (χ4n) is 2.63. The van der Waals surface area contributed by atoms with Crippen molar-refractivity contribution in [3.63, 3.8) is 0 Å². The molecule has 128 valence electrons. The third-order valence-electron chi connectivity index (χ3n) is 4.09. The monoisotopic (exact) mass is 463 g/mol. The van der Waals surface area contributed by atoms with E-state index in [9.17, 15) is 9.90 Å². The first-order valence-corrected chi connectivity index (χ1v) is 9.04. The first-order valence-electron chi connectivity index (χ1n) is 7.45. The van der Waals surface area contributed by atoms with Gasteiger partial charge in [0.2, 0.25) is 0 Å². The van der Waals surface area contributed by atoms with Gasteiger partial charge in [0.15, 0.2) is 0 Å². The van der Waals surface area contributed by atoms with E-state index in [4.69, 9.17) is 0 Å². The van der Waals surface area contributed by atoms with Crippen LogP contribution in [-0.4, -0.2) is 21.8 Å². The molecular formula is C18H15Br2N3O2. The molecule has 0 saturated heterocycles. The SMILES string of the molecule is Cc1c(/C=N/NC(=O)c2cc(Br)c(O)c(Br)c2)c2ccccc2n1C. The lowest BCUT2D eigenvalue weighted by molar-refractivity contribution is 0.0955. The number of nitrogens with zero attached hydrogens (tertiary/aromatic N) is 2. The molecule has 1 heterocycles. The summed E-state index contributed by atoms with van der Waals surface area (Å²) in [4.78, 5) is 12.3. The van der Waals surface area contributed by atoms with Gasteiger partial charge in [0.05, 0.1) is 15.2 Å². The molecule has 0 saturated carbocycles. The van der Waals surface area contributed by atoms with Crippen molar-refractivity contribution in [2.24, 2.45) is 12.1 Å². The molecule has 7 heteroatoms. The van der Waals surface area contributed by atoms with Gasteiger partial charge >= 0.3 is 0 Å². The van der Waals surface area contributed by atoms with Crippen LogP contribution in [0.4, 0.5) is 0 Å². The normalized spacial score (nSPS) is 11.4. The van der Waals surface area contributed by atoms with Crippen LogP contribution in [0, 0.1) is 6.92 Å². The Bertz CT molecular complexity index is 986. The molecule has 0 unspecified atom stereocenters. The van der Waals surface area contributed by atoms with Gasteiger partial charge < -0.3 is 9.67 Å². The van der Waals surface area contributed by atoms with Gasteiger partial charge in [-0.2, -0.15) is 5.10 Å². The molecule has 0 bridgehead atoms. The number of aryl methyl sites for hydroxylation is 1. The molecule has 2 aromatic carbocycles. The molecule has 0 radical (unpaired) electrons. The van der Waals surface area contributed by atoms with Gasteiger partial charge in [-0.1, -0.05) is 18.2 Å². The summed E-state index contributed by atoms with van der Waals surface area (Å²) in [5, 5.41) is 14.9. The summed E-state index contributed by atoms with van der Waals surface area (Å²) in [6, 6.07) is 11.1. The van der Waals surface area contributed by atoms with Crippen molar-refractivity contribution >= 4 is 54.9 Å². The maximum Gasteiger partial charge on any atom is 0.271 e. The van der Waals surface area contributed by atoms with Gasteiger partial charge in [-0.3, -0.25) is 4.79 Å². The molecule has 3 rings (SSSR count). The van der Waals surface area contributed by atoms with Crippen molar-refractivity contribution in [2.75, 3.05) is 0 Å². The van der Waals surface area contributed by atoms with Crippen molar-refractivity contribution < 1.29 is 9.90 Å². The molecule has 1 aromatic heterocycles. The number of hydrogen-bond acceptors (Lipinski definition) is 3. The Balaban J connectivity index is 1.85. The number of carbonyl (C=O) groups excluding carboxylic acids is 1. The number of rotatable bonds is 3. The molecule has 0 aliphatic rings. The number of hydrazone groups is 1. The van der Waals surface area contributed by atoms with Crippen LogP contribution in [0.25, 0.3) is 10.9 Å². The highest BCUT2D eigenvalue weighted by Crippen LogP contribution is 2.33. The zero-order valence-corrected chi connectivity index (χ0v) is 16.7. The van der Waals surface area contributed by atoms with Crippen LogP contribution in [-0.2, 0) is 7.05 Å². The number of nitrogens with one attached hydrogen (secondary N) is 1. The Morgan fingerprint density at radius 3 is 2.56 bits per heavy atom. The average molecular weight is 465 g/mol. The molecule has 0 atom stereocenters. The fourth-order valence-corrected chi connectivity index (χ4v) is 3.82. The van der Waals surface area contributed by atoms with Crippen LogP contribution < -0.4 is 5.43 Å². The predicted molar refractivity (Wildman–Crippen MR) is 106 cm³/mol. The molecular weight excluding hydrogens is 450 g/mol. The van der Waals surface area contributed by atoms with Crippen molar-refractivity contribution in [3.05, 3.63) is 62.2 Å². The number of benzene rings is 2. The van der Waals surface area contributed by atoms with E-state index in [2.05, 4.69) is 47.0 Å². The minimum absolute atomic E-state index is 0.0476. The highest BCUT2D eigenvalue weighted by atomic mass is 79.9. The minimum atomic E-state index is -0.365. The number of hydrogen-bond donors (Lipinski definition) is 2. The van der Waals surface area contributed by atoms with E-state index in [1.54, 1.807) is 6.21 Å². The molecule has 0 spiro atoms. The van der Waals surface area contributed by atoms with Crippen molar-refractivity contribution in [1.29, 1.82) is 0 Å². The van der Waals surface area contributed by atoms with Crippen LogP contribution in [0.2, 0.25) is 0 Å². The van der Waals surface area contributed by atoms with Crippen molar-refractivity contribution in [1.82, 2.24) is 9.99 Å². The van der Waals surface area contributed by atoms with Crippen LogP contribution in [0.15, 0.2) is 50.4 Å². The highest BCUT2D eigenvalue weighted by molar-refractivity contribution is 9.11. The first kappa shape index (κ1) is 17.7. The average Bonchev–Trinajstić information content (AvgIpc) is 2.84. The van der Waals surface area contributed by atoms with E-state index >= 15 is 0 Å². The summed E-state index contributed by atoms with van der Waals surface area (Å²) >= 11 is 6.42. The summed E-state index contributed by atoms with van der Waals surface area (Å²) in [6.45, 7) is 2.01. The lowest BCUT2D eigenvalue weighted by Crippen LogP contribution is -2.17. The molecule has 0 aliphatic carbocycles. The van der Waals surface area contributed by atoms with E-state index in [0.29, 0.717) is 14.5 Å². The Kier molecular flexibility index (Phi) is 4.96. The van der Waals surface area contributed by atoms with Crippen LogP contribution in [0.1, 0.15) is 21.6 Å². The third-order valence-corrected chi connectivity index (χ3v) is 5.30. The number of phenols is 1. The van der Waals surface area contributed by atoms with E-state index in [-0.39, 0.29) is 11.7 Å². The van der Waals surface area contributed by atoms with Gasteiger partial charge in [-0.15, -0.1) is 0 Å². The van der Waals surface area contributed by atoms with Crippen LogP contribution in [0.5, 0.6) is 5.75 Å². The summed E-state index contributed by atoms with van der Waals surface area (Å²) in [5.74, 6) is -0.318. The Morgan fingerprint density at radius 2 is 1.88 bits per heavy atom. The Hall–Kier alpha value is -2.12. The maximum atomic E-state index is 12.3. The highest BCUT2D eigenvalue weighted by Gasteiger charge is 2.12. The summed E-state index contributed by atoms with van der Waals surface area (Å²) < 4.78 is 2.95. The number of aromatic nitrogens is 1. The lowest BCUT2D eigenvalue weighted by Gasteiger charge is -2.04. The molecule has 5 nitrogen and oxygen atoms in total. The number of phenolic OH excluding ortho intramolecular Hbond substituents is 1. The zero-order chi connectivity index (χ0) is 18.1. The molecule has 2 N–H and O–H groups in total. The van der Waals surface area contributed by atoms with Crippen molar-refractivity contribution in [3.8, 4) is 5.75 Å². The molecule has 1 amide bonds. The maximum absolute atomic E-state index is 12.3. The van der Waals surface area contributed by atoms with E-state index in [1.165, 1.54) is 12.1 Å². The van der Waals surface area contributed by atoms with E-state index in [1.807, 2.05) is 38.2 Å². The Labute approximate surface area is 161 Å². The second-order valence-electron chi connectivity index (χ2n) is 5.56. The summed E-state index contributed by atoms with van der Waals surface area (Å²) in [7, 11) is 2.00. The molecule has 25 heavy (non-hydrogen) atoms. The number of amides is 1. The second kappa shape index (κ2) is 7.01. The second-order valence-corrected chi connectivity index (χ2v) is 7.27. The standard InChI is InChI=1S/C18H15Br2N3O2/c1-10-13(12-5-3-4-6-16(12)23(10)2)9-21-22-18(25)11-7-14(19)17(24)15(20)8-11/h3-9,24H,1-2H3,(H,22,25)/b21-9+. The number of carbonyl (C=O) groups is 1. The van der Waals surface area contributed by atoms with E-state index in [0.717, 1.165) is 22.2 Å². The molecule has 0 fully saturated rings. The number of aromatic hydroxyl groups is 1. The quantitative estimate of drug-likeness (QED) is 0.443. The number of fused-ring (bicyclic) bond motifs is 1. The lowest BCUT2D eigenvalue weighted by atomic mass is 10.1. The summed E-state index contributed by atoms with van der Waals surface area (Å²) in [6.07, 6.45) is 1.65. The Morgan fingerprint density at radius 1 is 1.24 bits per heavy atom. The van der Waals surface area contributed by atoms with Gasteiger partial charge in [0, 0.05) is 34.8 Å². The van der Waals surface area contributed by atoms with Crippen LogP contribution >= 0.6 is 31.9 Å². The summed E-state index contributed by atoms with van der Waals surface area (Å²) in [5.41, 5.74) is 6.04. The molecule has 0 aliphatic heterocycles. The topological polar surface area (TPSA) is 66.6 Å². The number of halogens is 2. The predicted octanol–water partition coefficient (Wildman–Crippen LogP) is 4.48. The largest absolute Gasteiger partial charge is 0.506 e. The van der Waals surface area contributed by atoms with Crippen molar-refractivity contribution in [2.45, 2.75) is 6.92 Å². The fraction of sp³-hybridized carbons (Fsp3) is 0.111. The first-order chi connectivity index (χ1) is 11.9. The molecule has 3 aromatic rings. The number of para-hydroxylation sites is 1. The van der Waals surface area contributed by atoms with Crippen LogP contribution in [0.3, 0.4) is 0 Å². The minimum Gasteiger partial charge on any atom is -0.506 e. The van der Waals surface area contributed by atoms with E-state index < -0.39 is 0 Å². The smallest absolute Gasteiger partial charge is 0.271 e.